The summed E-state index contributed by atoms with van der Waals surface area (Å²) in [4.78, 5) is 0. The molecule has 2 fully saturated rings. The lowest BCUT2D eigenvalue weighted by atomic mass is 9.69. The van der Waals surface area contributed by atoms with E-state index in [2.05, 4.69) is 0 Å². The zero-order valence-corrected chi connectivity index (χ0v) is 9.67. The average molecular weight is 212 g/mol. The molecule has 0 amide bonds. The summed E-state index contributed by atoms with van der Waals surface area (Å²) in [5.74, 6) is 0. The molecule has 0 aliphatic heterocycles. The molecule has 2 heteroatoms. The second-order valence-corrected chi connectivity index (χ2v) is 5.54. The molecule has 0 unspecified atom stereocenters. The molecule has 0 radical (unpaired) electrons. The minimum atomic E-state index is -0.774. The van der Waals surface area contributed by atoms with E-state index in [9.17, 15) is 10.2 Å². The highest BCUT2D eigenvalue weighted by molar-refractivity contribution is 5.01. The molecule has 2 nitrogen and oxygen atoms in total. The third-order valence-corrected chi connectivity index (χ3v) is 4.48. The molecule has 0 atom stereocenters. The highest BCUT2D eigenvalue weighted by Gasteiger charge is 2.48. The number of rotatable bonds is 1. The van der Waals surface area contributed by atoms with E-state index in [1.54, 1.807) is 0 Å². The molecule has 0 bridgehead atoms. The summed E-state index contributed by atoms with van der Waals surface area (Å²) in [6, 6.07) is 0. The van der Waals surface area contributed by atoms with E-state index >= 15 is 0 Å². The van der Waals surface area contributed by atoms with Gasteiger partial charge in [-0.15, -0.1) is 0 Å². The van der Waals surface area contributed by atoms with Crippen molar-refractivity contribution >= 4 is 0 Å². The fourth-order valence-electron chi connectivity index (χ4n) is 3.38. The van der Waals surface area contributed by atoms with Crippen molar-refractivity contribution in [3.63, 3.8) is 0 Å². The molecule has 0 aromatic heterocycles. The molecule has 0 spiro atoms. The molecule has 2 aliphatic rings. The molecule has 0 saturated heterocycles. The first-order valence-electron chi connectivity index (χ1n) is 6.61. The Morgan fingerprint density at radius 2 is 0.733 bits per heavy atom. The van der Waals surface area contributed by atoms with E-state index in [1.807, 2.05) is 0 Å². The van der Waals surface area contributed by atoms with Crippen molar-refractivity contribution in [2.45, 2.75) is 81.8 Å². The van der Waals surface area contributed by atoms with Gasteiger partial charge in [0.05, 0.1) is 11.2 Å². The first kappa shape index (κ1) is 11.4. The average Bonchev–Trinajstić information content (AvgIpc) is 2.45. The Hall–Kier alpha value is -0.0800. The van der Waals surface area contributed by atoms with Crippen LogP contribution in [0.15, 0.2) is 0 Å². The summed E-state index contributed by atoms with van der Waals surface area (Å²) in [5.41, 5.74) is -1.54. The van der Waals surface area contributed by atoms with E-state index in [1.165, 1.54) is 19.3 Å². The molecule has 2 aliphatic carbocycles. The van der Waals surface area contributed by atoms with E-state index < -0.39 is 11.2 Å². The Kier molecular flexibility index (Phi) is 3.36. The first-order chi connectivity index (χ1) is 7.16. The summed E-state index contributed by atoms with van der Waals surface area (Å²) in [7, 11) is 0. The second kappa shape index (κ2) is 4.42. The Morgan fingerprint density at radius 3 is 1.07 bits per heavy atom. The van der Waals surface area contributed by atoms with Gasteiger partial charge in [-0.25, -0.2) is 0 Å². The van der Waals surface area contributed by atoms with Crippen molar-refractivity contribution in [2.24, 2.45) is 0 Å². The Balaban J connectivity index is 2.10. The highest BCUT2D eigenvalue weighted by atomic mass is 16.4. The number of hydrogen-bond acceptors (Lipinski definition) is 2. The van der Waals surface area contributed by atoms with Crippen LogP contribution >= 0.6 is 0 Å². The maximum absolute atomic E-state index is 10.7. The summed E-state index contributed by atoms with van der Waals surface area (Å²) in [6.07, 6.45) is 11.2. The maximum atomic E-state index is 10.7. The second-order valence-electron chi connectivity index (χ2n) is 5.54. The van der Waals surface area contributed by atoms with Gasteiger partial charge in [-0.3, -0.25) is 0 Å². The van der Waals surface area contributed by atoms with Crippen LogP contribution in [-0.4, -0.2) is 21.4 Å². The quantitative estimate of drug-likeness (QED) is 0.656. The largest absolute Gasteiger partial charge is 0.387 e. The smallest absolute Gasteiger partial charge is 0.0933 e. The first-order valence-corrected chi connectivity index (χ1v) is 6.61. The predicted molar refractivity (Wildman–Crippen MR) is 60.7 cm³/mol. The molecular formula is C13H24O2. The minimum Gasteiger partial charge on any atom is -0.387 e. The van der Waals surface area contributed by atoms with Gasteiger partial charge in [0.1, 0.15) is 0 Å². The normalized spacial score (nSPS) is 30.8. The predicted octanol–water partition coefficient (Wildman–Crippen LogP) is 2.77. The van der Waals surface area contributed by atoms with Crippen molar-refractivity contribution in [3.05, 3.63) is 0 Å². The third kappa shape index (κ3) is 2.21. The van der Waals surface area contributed by atoms with Crippen LogP contribution in [0.4, 0.5) is 0 Å². The van der Waals surface area contributed by atoms with Crippen molar-refractivity contribution < 1.29 is 10.2 Å². The monoisotopic (exact) mass is 212 g/mol. The molecule has 2 saturated carbocycles. The van der Waals surface area contributed by atoms with Gasteiger partial charge in [0, 0.05) is 0 Å². The van der Waals surface area contributed by atoms with Crippen LogP contribution < -0.4 is 0 Å². The summed E-state index contributed by atoms with van der Waals surface area (Å²) >= 11 is 0. The van der Waals surface area contributed by atoms with Crippen LogP contribution in [-0.2, 0) is 0 Å². The lowest BCUT2D eigenvalue weighted by molar-refractivity contribution is -0.174. The van der Waals surface area contributed by atoms with Crippen LogP contribution in [0.25, 0.3) is 0 Å². The van der Waals surface area contributed by atoms with Gasteiger partial charge in [-0.2, -0.15) is 0 Å². The van der Waals surface area contributed by atoms with Crippen LogP contribution in [0.1, 0.15) is 70.6 Å². The number of aliphatic hydroxyl groups is 2. The SMILES string of the molecule is OC1(C2(O)CCCCC2)CCCCCC1. The van der Waals surface area contributed by atoms with Gasteiger partial charge in [0.2, 0.25) is 0 Å². The fraction of sp³-hybridized carbons (Fsp3) is 1.00. The minimum absolute atomic E-state index is 0.768. The number of hydrogen-bond donors (Lipinski definition) is 2. The standard InChI is InChI=1S/C13H24O2/c14-12(8-4-1-2-5-9-12)13(15)10-6-3-7-11-13/h14-15H,1-11H2. The molecule has 0 aromatic carbocycles. The highest BCUT2D eigenvalue weighted by Crippen LogP contribution is 2.43. The summed E-state index contributed by atoms with van der Waals surface area (Å²) < 4.78 is 0. The van der Waals surface area contributed by atoms with Gasteiger partial charge >= 0.3 is 0 Å². The van der Waals surface area contributed by atoms with Crippen molar-refractivity contribution in [2.75, 3.05) is 0 Å². The Morgan fingerprint density at radius 1 is 0.467 bits per heavy atom. The maximum Gasteiger partial charge on any atom is 0.0933 e. The van der Waals surface area contributed by atoms with Gasteiger partial charge in [0.15, 0.2) is 0 Å². The molecule has 0 heterocycles. The Bertz CT molecular complexity index is 199. The van der Waals surface area contributed by atoms with E-state index in [4.69, 9.17) is 0 Å². The molecule has 2 N–H and O–H groups in total. The van der Waals surface area contributed by atoms with Gasteiger partial charge in [-0.05, 0) is 25.7 Å². The van der Waals surface area contributed by atoms with Crippen LogP contribution in [0.3, 0.4) is 0 Å². The lowest BCUT2D eigenvalue weighted by Gasteiger charge is -2.45. The molecule has 15 heavy (non-hydrogen) atoms. The third-order valence-electron chi connectivity index (χ3n) is 4.48. The fourth-order valence-corrected chi connectivity index (χ4v) is 3.38. The van der Waals surface area contributed by atoms with Crippen molar-refractivity contribution in [3.8, 4) is 0 Å². The molecule has 2 rings (SSSR count). The Labute approximate surface area is 92.7 Å². The zero-order chi connectivity index (χ0) is 10.8. The zero-order valence-electron chi connectivity index (χ0n) is 9.67. The van der Waals surface area contributed by atoms with Crippen molar-refractivity contribution in [1.82, 2.24) is 0 Å². The summed E-state index contributed by atoms with van der Waals surface area (Å²) in [5, 5.41) is 21.3. The van der Waals surface area contributed by atoms with Crippen LogP contribution in [0.2, 0.25) is 0 Å². The van der Waals surface area contributed by atoms with Crippen LogP contribution in [0, 0.1) is 0 Å². The molecular weight excluding hydrogens is 188 g/mol. The molecule has 0 aromatic rings. The van der Waals surface area contributed by atoms with Gasteiger partial charge in [-0.1, -0.05) is 44.9 Å². The van der Waals surface area contributed by atoms with Gasteiger partial charge < -0.3 is 10.2 Å². The van der Waals surface area contributed by atoms with Crippen molar-refractivity contribution in [1.29, 1.82) is 0 Å². The lowest BCUT2D eigenvalue weighted by Crippen LogP contribution is -2.55. The van der Waals surface area contributed by atoms with E-state index in [0.717, 1.165) is 51.4 Å². The van der Waals surface area contributed by atoms with Crippen LogP contribution in [0.5, 0.6) is 0 Å². The van der Waals surface area contributed by atoms with E-state index in [0.29, 0.717) is 0 Å². The van der Waals surface area contributed by atoms with E-state index in [-0.39, 0.29) is 0 Å². The molecule has 88 valence electrons. The van der Waals surface area contributed by atoms with Gasteiger partial charge in [0.25, 0.3) is 0 Å². The summed E-state index contributed by atoms with van der Waals surface area (Å²) in [6.45, 7) is 0. The topological polar surface area (TPSA) is 40.5 Å².